The van der Waals surface area contributed by atoms with Crippen LogP contribution in [0.5, 0.6) is 0 Å². The van der Waals surface area contributed by atoms with Crippen LogP contribution in [0.2, 0.25) is 5.02 Å². The van der Waals surface area contributed by atoms with Gasteiger partial charge in [0.25, 0.3) is 0 Å². The lowest BCUT2D eigenvalue weighted by atomic mass is 10.0. The molecule has 0 spiro atoms. The second-order valence-corrected chi connectivity index (χ2v) is 7.64. The lowest BCUT2D eigenvalue weighted by Gasteiger charge is -2.12. The van der Waals surface area contributed by atoms with Crippen molar-refractivity contribution in [2.45, 2.75) is 12.3 Å². The van der Waals surface area contributed by atoms with Gasteiger partial charge in [-0.1, -0.05) is 39.7 Å². The largest absolute Gasteiger partial charge is 0.461 e. The van der Waals surface area contributed by atoms with Gasteiger partial charge in [-0.2, -0.15) is 5.10 Å². The molecular weight excluding hydrogens is 530 g/mol. The van der Waals surface area contributed by atoms with E-state index >= 15 is 0 Å². The van der Waals surface area contributed by atoms with E-state index in [1.165, 1.54) is 28.9 Å². The standard InChI is InChI=1S/C20H14Br2ClFN2O3/c1-2-29-20(28)18-17(22)16(10-21)26(25-18)15-8-7-11(23)9-13(15)19(27)12-5-3-4-6-14(12)24/h3-9H,2,10H2,1H3. The van der Waals surface area contributed by atoms with Gasteiger partial charge in [0.1, 0.15) is 5.82 Å². The average Bonchev–Trinajstić information content (AvgIpc) is 3.04. The van der Waals surface area contributed by atoms with Crippen molar-refractivity contribution in [3.8, 4) is 5.69 Å². The number of halogens is 4. The minimum absolute atomic E-state index is 0.0699. The summed E-state index contributed by atoms with van der Waals surface area (Å²) in [6.07, 6.45) is 0. The van der Waals surface area contributed by atoms with Crippen LogP contribution < -0.4 is 0 Å². The van der Waals surface area contributed by atoms with Crippen LogP contribution in [0.4, 0.5) is 4.39 Å². The van der Waals surface area contributed by atoms with Crippen molar-refractivity contribution in [1.82, 2.24) is 9.78 Å². The Morgan fingerprint density at radius 3 is 2.59 bits per heavy atom. The summed E-state index contributed by atoms with van der Waals surface area (Å²) in [5.74, 6) is -1.79. The van der Waals surface area contributed by atoms with Crippen LogP contribution >= 0.6 is 43.5 Å². The van der Waals surface area contributed by atoms with Gasteiger partial charge in [0.2, 0.25) is 0 Å². The number of nitrogens with zero attached hydrogens (tertiary/aromatic N) is 2. The molecule has 1 heterocycles. The van der Waals surface area contributed by atoms with E-state index in [4.69, 9.17) is 16.3 Å². The summed E-state index contributed by atoms with van der Waals surface area (Å²) in [5.41, 5.74) is 1.07. The zero-order valence-corrected chi connectivity index (χ0v) is 19.0. The number of aromatic nitrogens is 2. The van der Waals surface area contributed by atoms with Crippen LogP contribution in [0.1, 0.15) is 39.0 Å². The van der Waals surface area contributed by atoms with Gasteiger partial charge in [0.15, 0.2) is 11.5 Å². The molecule has 0 atom stereocenters. The van der Waals surface area contributed by atoms with E-state index in [2.05, 4.69) is 37.0 Å². The van der Waals surface area contributed by atoms with E-state index < -0.39 is 17.6 Å². The summed E-state index contributed by atoms with van der Waals surface area (Å²) >= 11 is 12.9. The van der Waals surface area contributed by atoms with Crippen LogP contribution in [0.15, 0.2) is 46.9 Å². The number of benzene rings is 2. The van der Waals surface area contributed by atoms with Crippen LogP contribution in [0.3, 0.4) is 0 Å². The molecule has 5 nitrogen and oxygen atoms in total. The maximum absolute atomic E-state index is 14.2. The highest BCUT2D eigenvalue weighted by molar-refractivity contribution is 9.10. The summed E-state index contributed by atoms with van der Waals surface area (Å²) in [5, 5.41) is 4.97. The van der Waals surface area contributed by atoms with Crippen molar-refractivity contribution in [1.29, 1.82) is 0 Å². The Morgan fingerprint density at radius 2 is 1.93 bits per heavy atom. The highest BCUT2D eigenvalue weighted by Crippen LogP contribution is 2.30. The van der Waals surface area contributed by atoms with E-state index in [0.717, 1.165) is 0 Å². The number of alkyl halides is 1. The first-order valence-electron chi connectivity index (χ1n) is 8.48. The third kappa shape index (κ3) is 4.29. The second-order valence-electron chi connectivity index (χ2n) is 5.85. The normalized spacial score (nSPS) is 10.8. The number of ketones is 1. The van der Waals surface area contributed by atoms with Gasteiger partial charge in [-0.15, -0.1) is 0 Å². The number of hydrogen-bond acceptors (Lipinski definition) is 4. The molecule has 29 heavy (non-hydrogen) atoms. The number of hydrogen-bond donors (Lipinski definition) is 0. The van der Waals surface area contributed by atoms with Gasteiger partial charge >= 0.3 is 5.97 Å². The molecule has 0 aliphatic carbocycles. The Morgan fingerprint density at radius 1 is 1.21 bits per heavy atom. The minimum atomic E-state index is -0.641. The highest BCUT2D eigenvalue weighted by atomic mass is 79.9. The van der Waals surface area contributed by atoms with Crippen LogP contribution in [0, 0.1) is 5.82 Å². The number of rotatable bonds is 6. The molecule has 0 radical (unpaired) electrons. The van der Waals surface area contributed by atoms with E-state index in [1.54, 1.807) is 25.1 Å². The smallest absolute Gasteiger partial charge is 0.360 e. The van der Waals surface area contributed by atoms with E-state index in [9.17, 15) is 14.0 Å². The molecule has 3 aromatic rings. The predicted octanol–water partition coefficient (Wildman–Crippen LogP) is 5.73. The zero-order chi connectivity index (χ0) is 21.1. The summed E-state index contributed by atoms with van der Waals surface area (Å²) in [6, 6.07) is 10.3. The number of carbonyl (C=O) groups is 2. The molecular formula is C20H14Br2ClFN2O3. The SMILES string of the molecule is CCOC(=O)c1nn(-c2ccc(Cl)cc2C(=O)c2ccccc2F)c(CBr)c1Br. The molecule has 9 heteroatoms. The Bertz CT molecular complexity index is 1100. The van der Waals surface area contributed by atoms with E-state index in [-0.39, 0.29) is 23.4 Å². The van der Waals surface area contributed by atoms with Gasteiger partial charge in [-0.25, -0.2) is 13.9 Å². The first kappa shape index (κ1) is 21.7. The van der Waals surface area contributed by atoms with Crippen molar-refractivity contribution in [3.63, 3.8) is 0 Å². The Labute approximate surface area is 188 Å². The fourth-order valence-corrected chi connectivity index (χ4v) is 4.36. The average molecular weight is 545 g/mol. The summed E-state index contributed by atoms with van der Waals surface area (Å²) in [7, 11) is 0. The van der Waals surface area contributed by atoms with Crippen molar-refractivity contribution in [2.75, 3.05) is 6.61 Å². The molecule has 3 rings (SSSR count). The highest BCUT2D eigenvalue weighted by Gasteiger charge is 2.26. The molecule has 150 valence electrons. The molecule has 0 N–H and O–H groups in total. The first-order chi connectivity index (χ1) is 13.9. The molecule has 0 saturated heterocycles. The Kier molecular flexibility index (Phi) is 6.87. The number of esters is 1. The molecule has 0 unspecified atom stereocenters. The van der Waals surface area contributed by atoms with Crippen molar-refractivity contribution >= 4 is 55.2 Å². The summed E-state index contributed by atoms with van der Waals surface area (Å²) < 4.78 is 21.1. The van der Waals surface area contributed by atoms with Crippen molar-refractivity contribution in [2.24, 2.45) is 0 Å². The molecule has 0 amide bonds. The summed E-state index contributed by atoms with van der Waals surface area (Å²) in [4.78, 5) is 25.3. The maximum Gasteiger partial charge on any atom is 0.360 e. The molecule has 0 bridgehead atoms. The molecule has 2 aromatic carbocycles. The molecule has 0 aliphatic rings. The van der Waals surface area contributed by atoms with Gasteiger partial charge in [-0.05, 0) is 53.2 Å². The van der Waals surface area contributed by atoms with Gasteiger partial charge in [0, 0.05) is 15.9 Å². The predicted molar refractivity (Wildman–Crippen MR) is 115 cm³/mol. The maximum atomic E-state index is 14.2. The zero-order valence-electron chi connectivity index (χ0n) is 15.1. The molecule has 0 fully saturated rings. The molecule has 0 saturated carbocycles. The fraction of sp³-hybridized carbons (Fsp3) is 0.150. The lowest BCUT2D eigenvalue weighted by Crippen LogP contribution is -2.12. The van der Waals surface area contributed by atoms with Gasteiger partial charge in [0.05, 0.1) is 28.0 Å². The third-order valence-corrected chi connectivity index (χ3v) is 5.66. The fourth-order valence-electron chi connectivity index (χ4n) is 2.74. The quantitative estimate of drug-likeness (QED) is 0.226. The Hall–Kier alpha value is -2.03. The van der Waals surface area contributed by atoms with Crippen LogP contribution in [0.25, 0.3) is 5.69 Å². The minimum Gasteiger partial charge on any atom is -0.461 e. The second kappa shape index (κ2) is 9.19. The van der Waals surface area contributed by atoms with Crippen LogP contribution in [-0.2, 0) is 10.1 Å². The summed E-state index contributed by atoms with van der Waals surface area (Å²) in [6.45, 7) is 1.89. The van der Waals surface area contributed by atoms with Gasteiger partial charge < -0.3 is 4.74 Å². The monoisotopic (exact) mass is 542 g/mol. The number of ether oxygens (including phenoxy) is 1. The first-order valence-corrected chi connectivity index (χ1v) is 10.8. The third-order valence-electron chi connectivity index (χ3n) is 4.06. The van der Waals surface area contributed by atoms with E-state index in [0.29, 0.717) is 26.2 Å². The van der Waals surface area contributed by atoms with Crippen molar-refractivity contribution < 1.29 is 18.7 Å². The van der Waals surface area contributed by atoms with Crippen LogP contribution in [-0.4, -0.2) is 28.1 Å². The lowest BCUT2D eigenvalue weighted by molar-refractivity contribution is 0.0517. The molecule has 0 aliphatic heterocycles. The number of carbonyl (C=O) groups excluding carboxylic acids is 2. The topological polar surface area (TPSA) is 61.2 Å². The van der Waals surface area contributed by atoms with E-state index in [1.807, 2.05) is 0 Å². The van der Waals surface area contributed by atoms with Gasteiger partial charge in [-0.3, -0.25) is 4.79 Å². The van der Waals surface area contributed by atoms with Crippen molar-refractivity contribution in [3.05, 3.63) is 80.3 Å². The Balaban J connectivity index is 2.21. The molecule has 1 aromatic heterocycles.